The summed E-state index contributed by atoms with van der Waals surface area (Å²) >= 11 is 0. The summed E-state index contributed by atoms with van der Waals surface area (Å²) in [5, 5.41) is 19.6. The van der Waals surface area contributed by atoms with Crippen LogP contribution in [0.1, 0.15) is 13.3 Å². The van der Waals surface area contributed by atoms with Crippen molar-refractivity contribution in [3.63, 3.8) is 0 Å². The highest BCUT2D eigenvalue weighted by Crippen LogP contribution is 2.14. The summed E-state index contributed by atoms with van der Waals surface area (Å²) < 4.78 is 38.7. The number of ether oxygens (including phenoxy) is 1. The predicted molar refractivity (Wildman–Crippen MR) is 48.3 cm³/mol. The van der Waals surface area contributed by atoms with Crippen LogP contribution in [-0.2, 0) is 9.53 Å². The molecular weight excluding hydrogens is 247 g/mol. The molecule has 0 heterocycles. The van der Waals surface area contributed by atoms with Crippen LogP contribution in [0.25, 0.3) is 0 Å². The van der Waals surface area contributed by atoms with E-state index in [0.717, 1.165) is 6.92 Å². The van der Waals surface area contributed by atoms with E-state index in [1.165, 1.54) is 0 Å². The molecule has 0 aromatic rings. The van der Waals surface area contributed by atoms with Gasteiger partial charge >= 0.3 is 18.2 Å². The highest BCUT2D eigenvalue weighted by Gasteiger charge is 2.30. The first-order chi connectivity index (χ1) is 7.52. The van der Waals surface area contributed by atoms with Gasteiger partial charge in [-0.1, -0.05) is 0 Å². The molecule has 17 heavy (non-hydrogen) atoms. The lowest BCUT2D eigenvalue weighted by molar-refractivity contribution is -0.160. The number of hydrogen-bond donors (Lipinski definition) is 3. The monoisotopic (exact) mass is 259 g/mol. The van der Waals surface area contributed by atoms with Crippen LogP contribution >= 0.6 is 0 Å². The van der Waals surface area contributed by atoms with Gasteiger partial charge in [-0.05, 0) is 6.92 Å². The maximum absolute atomic E-state index is 11.6. The first-order valence-electron chi connectivity index (χ1n) is 4.43. The molecule has 100 valence electrons. The van der Waals surface area contributed by atoms with E-state index in [0.29, 0.717) is 0 Å². The summed E-state index contributed by atoms with van der Waals surface area (Å²) in [5.41, 5.74) is -1.76. The third kappa shape index (κ3) is 9.42. The Morgan fingerprint density at radius 3 is 2.29 bits per heavy atom. The molecule has 3 N–H and O–H groups in total. The van der Waals surface area contributed by atoms with Crippen LogP contribution < -0.4 is 5.32 Å². The zero-order valence-corrected chi connectivity index (χ0v) is 8.87. The van der Waals surface area contributed by atoms with Crippen molar-refractivity contribution in [1.82, 2.24) is 5.32 Å². The van der Waals surface area contributed by atoms with E-state index in [2.05, 4.69) is 4.74 Å². The van der Waals surface area contributed by atoms with Crippen LogP contribution in [0.15, 0.2) is 0 Å². The topological polar surface area (TPSA) is 95.9 Å². The fourth-order valence-corrected chi connectivity index (χ4v) is 0.849. The number of aliphatic carboxylic acids is 1. The molecule has 1 atom stereocenters. The van der Waals surface area contributed by atoms with Gasteiger partial charge in [-0.25, -0.2) is 4.79 Å². The Morgan fingerprint density at radius 1 is 1.35 bits per heavy atom. The van der Waals surface area contributed by atoms with Gasteiger partial charge < -0.3 is 20.3 Å². The van der Waals surface area contributed by atoms with Gasteiger partial charge in [-0.3, -0.25) is 4.79 Å². The quantitative estimate of drug-likeness (QED) is 0.668. The van der Waals surface area contributed by atoms with Crippen molar-refractivity contribution in [1.29, 1.82) is 0 Å². The van der Waals surface area contributed by atoms with Gasteiger partial charge in [-0.15, -0.1) is 0 Å². The second kappa shape index (κ2) is 5.71. The van der Waals surface area contributed by atoms with Crippen molar-refractivity contribution in [2.75, 3.05) is 13.2 Å². The molecule has 0 aromatic heterocycles. The molecular formula is C8H12F3NO5. The number of carbonyl (C=O) groups excluding carboxylic acids is 1. The summed E-state index contributed by atoms with van der Waals surface area (Å²) in [4.78, 5) is 21.0. The number of alkyl halides is 3. The van der Waals surface area contributed by atoms with Crippen LogP contribution in [0.4, 0.5) is 18.0 Å². The molecule has 0 aliphatic heterocycles. The van der Waals surface area contributed by atoms with Crippen LogP contribution in [0.5, 0.6) is 0 Å². The number of alkyl carbamates (subject to hydrolysis) is 1. The van der Waals surface area contributed by atoms with E-state index >= 15 is 0 Å². The van der Waals surface area contributed by atoms with Crippen LogP contribution in [0.2, 0.25) is 0 Å². The van der Waals surface area contributed by atoms with E-state index in [9.17, 15) is 27.9 Å². The van der Waals surface area contributed by atoms with E-state index in [-0.39, 0.29) is 0 Å². The number of carboxylic acids is 1. The van der Waals surface area contributed by atoms with Gasteiger partial charge in [0.15, 0.2) is 6.61 Å². The second-order valence-electron chi connectivity index (χ2n) is 3.61. The number of halogens is 3. The molecule has 6 nitrogen and oxygen atoms in total. The maximum atomic E-state index is 11.6. The number of nitrogens with one attached hydrogen (secondary N) is 1. The average Bonchev–Trinajstić information content (AvgIpc) is 2.08. The molecule has 1 amide bonds. The summed E-state index contributed by atoms with van der Waals surface area (Å²) in [6, 6.07) is 0. The summed E-state index contributed by atoms with van der Waals surface area (Å²) in [5.74, 6) is -1.31. The first-order valence-corrected chi connectivity index (χ1v) is 4.43. The second-order valence-corrected chi connectivity index (χ2v) is 3.61. The Kier molecular flexibility index (Phi) is 5.20. The third-order valence-corrected chi connectivity index (χ3v) is 1.51. The van der Waals surface area contributed by atoms with Crippen molar-refractivity contribution in [3.05, 3.63) is 0 Å². The lowest BCUT2D eigenvalue weighted by Crippen LogP contribution is -2.42. The molecule has 0 radical (unpaired) electrons. The van der Waals surface area contributed by atoms with Crippen molar-refractivity contribution < 1.29 is 37.7 Å². The molecule has 9 heteroatoms. The predicted octanol–water partition coefficient (Wildman–Crippen LogP) is 0.501. The van der Waals surface area contributed by atoms with E-state index in [4.69, 9.17) is 5.11 Å². The fraction of sp³-hybridized carbons (Fsp3) is 0.750. The largest absolute Gasteiger partial charge is 0.481 e. The zero-order chi connectivity index (χ0) is 13.7. The Labute approximate surface area is 94.4 Å². The third-order valence-electron chi connectivity index (χ3n) is 1.51. The molecule has 0 rings (SSSR count). The lowest BCUT2D eigenvalue weighted by atomic mass is 10.0. The average molecular weight is 259 g/mol. The molecule has 0 saturated heterocycles. The summed E-state index contributed by atoms with van der Waals surface area (Å²) in [6.45, 7) is -1.17. The summed E-state index contributed by atoms with van der Waals surface area (Å²) in [7, 11) is 0. The molecule has 0 spiro atoms. The van der Waals surface area contributed by atoms with E-state index in [1.54, 1.807) is 0 Å². The van der Waals surface area contributed by atoms with Crippen LogP contribution in [0.3, 0.4) is 0 Å². The van der Waals surface area contributed by atoms with E-state index < -0.39 is 43.4 Å². The van der Waals surface area contributed by atoms with Gasteiger partial charge in [0.05, 0.1) is 12.0 Å². The molecule has 1 unspecified atom stereocenters. The highest BCUT2D eigenvalue weighted by atomic mass is 19.4. The molecule has 0 bridgehead atoms. The minimum atomic E-state index is -4.64. The van der Waals surface area contributed by atoms with Gasteiger partial charge in [0, 0.05) is 6.54 Å². The van der Waals surface area contributed by atoms with Gasteiger partial charge in [-0.2, -0.15) is 13.2 Å². The van der Waals surface area contributed by atoms with Crippen molar-refractivity contribution in [2.24, 2.45) is 0 Å². The Bertz CT molecular complexity index is 289. The molecule has 0 aliphatic rings. The number of carbonyl (C=O) groups is 2. The Balaban J connectivity index is 3.95. The number of hydrogen-bond acceptors (Lipinski definition) is 4. The normalized spacial score (nSPS) is 14.9. The number of aliphatic hydroxyl groups is 1. The van der Waals surface area contributed by atoms with Gasteiger partial charge in [0.1, 0.15) is 0 Å². The van der Waals surface area contributed by atoms with Crippen LogP contribution in [0, 0.1) is 0 Å². The van der Waals surface area contributed by atoms with Crippen molar-refractivity contribution in [3.8, 4) is 0 Å². The van der Waals surface area contributed by atoms with Gasteiger partial charge in [0.25, 0.3) is 0 Å². The Hall–Kier alpha value is -1.51. The standard InChI is InChI=1S/C8H12F3NO5/c1-7(16,2-5(13)14)3-12-6(15)17-4-8(9,10)11/h16H,2-4H2,1H3,(H,12,15)(H,13,14). The van der Waals surface area contributed by atoms with Crippen molar-refractivity contribution >= 4 is 12.1 Å². The minimum absolute atomic E-state index is 0.532. The smallest absolute Gasteiger partial charge is 0.422 e. The highest BCUT2D eigenvalue weighted by molar-refractivity contribution is 5.69. The lowest BCUT2D eigenvalue weighted by Gasteiger charge is -2.21. The molecule has 0 fully saturated rings. The van der Waals surface area contributed by atoms with Crippen molar-refractivity contribution in [2.45, 2.75) is 25.1 Å². The fourth-order valence-electron chi connectivity index (χ4n) is 0.849. The van der Waals surface area contributed by atoms with E-state index in [1.807, 2.05) is 5.32 Å². The first kappa shape index (κ1) is 15.5. The minimum Gasteiger partial charge on any atom is -0.481 e. The van der Waals surface area contributed by atoms with Gasteiger partial charge in [0.2, 0.25) is 0 Å². The SMILES string of the molecule is CC(O)(CNC(=O)OCC(F)(F)F)CC(=O)O. The number of carboxylic acid groups (broad SMARTS) is 1. The summed E-state index contributed by atoms with van der Waals surface area (Å²) in [6.07, 6.45) is -6.68. The Morgan fingerprint density at radius 2 is 1.88 bits per heavy atom. The molecule has 0 aromatic carbocycles. The number of amides is 1. The molecule has 0 saturated carbocycles. The maximum Gasteiger partial charge on any atom is 0.422 e. The number of rotatable bonds is 5. The molecule has 0 aliphatic carbocycles. The zero-order valence-electron chi connectivity index (χ0n) is 8.87. The van der Waals surface area contributed by atoms with Crippen LogP contribution in [-0.4, -0.2) is 47.2 Å².